The summed E-state index contributed by atoms with van der Waals surface area (Å²) in [5, 5.41) is 2.72. The van der Waals surface area contributed by atoms with Crippen LogP contribution >= 0.6 is 15.9 Å². The number of anilines is 2. The van der Waals surface area contributed by atoms with Crippen LogP contribution in [0.5, 0.6) is 0 Å². The normalized spacial score (nSPS) is 11.9. The van der Waals surface area contributed by atoms with Crippen molar-refractivity contribution in [3.63, 3.8) is 0 Å². The Morgan fingerprint density at radius 2 is 1.90 bits per heavy atom. The molecule has 0 aliphatic carbocycles. The number of amides is 1. The number of carbonyl (C=O) groups excluding carboxylic acids is 1. The van der Waals surface area contributed by atoms with Crippen LogP contribution in [0.3, 0.4) is 0 Å². The molecule has 1 unspecified atom stereocenters. The van der Waals surface area contributed by atoms with Gasteiger partial charge in [0.15, 0.2) is 0 Å². The van der Waals surface area contributed by atoms with E-state index in [1.807, 2.05) is 19.1 Å². The lowest BCUT2D eigenvalue weighted by Gasteiger charge is -2.08. The number of hydrogen-bond donors (Lipinski definition) is 2. The van der Waals surface area contributed by atoms with Gasteiger partial charge in [-0.3, -0.25) is 9.00 Å². The largest absolute Gasteiger partial charge is 0.399 e. The van der Waals surface area contributed by atoms with Crippen molar-refractivity contribution in [2.75, 3.05) is 16.8 Å². The molecule has 0 bridgehead atoms. The second-order valence-corrected chi connectivity index (χ2v) is 6.91. The van der Waals surface area contributed by atoms with E-state index in [0.717, 1.165) is 10.0 Å². The lowest BCUT2D eigenvalue weighted by atomic mass is 10.2. The zero-order chi connectivity index (χ0) is 15.4. The Kier molecular flexibility index (Phi) is 5.14. The Morgan fingerprint density at radius 1 is 1.24 bits per heavy atom. The molecule has 0 aliphatic rings. The maximum absolute atomic E-state index is 12.3. The molecule has 1 atom stereocenters. The number of nitrogens with one attached hydrogen (secondary N) is 1. The summed E-state index contributed by atoms with van der Waals surface area (Å²) in [6.45, 7) is 1.85. The molecule has 2 aromatic carbocycles. The Morgan fingerprint density at radius 3 is 2.57 bits per heavy atom. The predicted molar refractivity (Wildman–Crippen MR) is 89.6 cm³/mol. The fourth-order valence-electron chi connectivity index (χ4n) is 1.79. The first-order valence-corrected chi connectivity index (χ1v) is 8.37. The molecule has 0 heterocycles. The average molecular weight is 367 g/mol. The monoisotopic (exact) mass is 366 g/mol. The highest BCUT2D eigenvalue weighted by Crippen LogP contribution is 2.18. The lowest BCUT2D eigenvalue weighted by Crippen LogP contribution is -2.20. The van der Waals surface area contributed by atoms with E-state index in [-0.39, 0.29) is 11.7 Å². The molecular weight excluding hydrogens is 352 g/mol. The summed E-state index contributed by atoms with van der Waals surface area (Å²) >= 11 is 3.32. The standard InChI is InChI=1S/C15H15BrN2O2S/c1-10-2-5-12(17)8-14(10)21(20)9-15(19)18-13-6-3-11(16)4-7-13/h2-8H,9,17H2,1H3,(H,18,19). The van der Waals surface area contributed by atoms with Crippen LogP contribution in [0.4, 0.5) is 11.4 Å². The molecule has 2 rings (SSSR count). The van der Waals surface area contributed by atoms with Crippen molar-refractivity contribution >= 4 is 44.0 Å². The summed E-state index contributed by atoms with van der Waals surface area (Å²) in [5.74, 6) is -0.391. The number of aryl methyl sites for hydroxylation is 1. The van der Waals surface area contributed by atoms with Crippen LogP contribution in [-0.4, -0.2) is 15.9 Å². The molecule has 0 radical (unpaired) electrons. The van der Waals surface area contributed by atoms with E-state index < -0.39 is 10.8 Å². The topological polar surface area (TPSA) is 72.2 Å². The van der Waals surface area contributed by atoms with Crippen LogP contribution in [0.1, 0.15) is 5.56 Å². The predicted octanol–water partition coefficient (Wildman–Crippen LogP) is 3.09. The Bertz CT molecular complexity index is 687. The quantitative estimate of drug-likeness (QED) is 0.816. The summed E-state index contributed by atoms with van der Waals surface area (Å²) in [4.78, 5) is 12.5. The third-order valence-electron chi connectivity index (χ3n) is 2.85. The fourth-order valence-corrected chi connectivity index (χ4v) is 3.21. The molecule has 0 fully saturated rings. The van der Waals surface area contributed by atoms with Gasteiger partial charge in [-0.15, -0.1) is 0 Å². The van der Waals surface area contributed by atoms with Gasteiger partial charge < -0.3 is 11.1 Å². The number of halogens is 1. The van der Waals surface area contributed by atoms with Crippen molar-refractivity contribution in [3.8, 4) is 0 Å². The second kappa shape index (κ2) is 6.87. The molecule has 0 aliphatic heterocycles. The van der Waals surface area contributed by atoms with Crippen molar-refractivity contribution in [3.05, 3.63) is 52.5 Å². The van der Waals surface area contributed by atoms with Gasteiger partial charge in [0, 0.05) is 20.7 Å². The van der Waals surface area contributed by atoms with Gasteiger partial charge >= 0.3 is 0 Å². The minimum absolute atomic E-state index is 0.0969. The molecule has 0 saturated carbocycles. The zero-order valence-corrected chi connectivity index (χ0v) is 13.8. The molecule has 3 N–H and O–H groups in total. The van der Waals surface area contributed by atoms with Gasteiger partial charge in [0.05, 0.1) is 10.8 Å². The summed E-state index contributed by atoms with van der Waals surface area (Å²) in [6, 6.07) is 12.4. The SMILES string of the molecule is Cc1ccc(N)cc1S(=O)CC(=O)Nc1ccc(Br)cc1. The summed E-state index contributed by atoms with van der Waals surface area (Å²) in [5.41, 5.74) is 7.76. The van der Waals surface area contributed by atoms with Gasteiger partial charge in [0.25, 0.3) is 0 Å². The Balaban J connectivity index is 2.03. The fraction of sp³-hybridized carbons (Fsp3) is 0.133. The van der Waals surface area contributed by atoms with Gasteiger partial charge in [-0.25, -0.2) is 0 Å². The molecule has 2 aromatic rings. The number of hydrogen-bond acceptors (Lipinski definition) is 3. The van der Waals surface area contributed by atoms with Crippen molar-refractivity contribution < 1.29 is 9.00 Å². The molecule has 110 valence electrons. The smallest absolute Gasteiger partial charge is 0.237 e. The van der Waals surface area contributed by atoms with Crippen molar-refractivity contribution in [1.29, 1.82) is 0 Å². The van der Waals surface area contributed by atoms with E-state index in [9.17, 15) is 9.00 Å². The Labute approximate surface area is 134 Å². The van der Waals surface area contributed by atoms with Gasteiger partial charge in [0.1, 0.15) is 5.75 Å². The maximum atomic E-state index is 12.3. The van der Waals surface area contributed by atoms with Gasteiger partial charge in [-0.05, 0) is 48.9 Å². The van der Waals surface area contributed by atoms with E-state index >= 15 is 0 Å². The third-order valence-corrected chi connectivity index (χ3v) is 4.83. The van der Waals surface area contributed by atoms with E-state index in [0.29, 0.717) is 16.3 Å². The van der Waals surface area contributed by atoms with Gasteiger partial charge in [-0.2, -0.15) is 0 Å². The molecular formula is C15H15BrN2O2S. The zero-order valence-electron chi connectivity index (χ0n) is 11.4. The highest BCUT2D eigenvalue weighted by Gasteiger charge is 2.13. The number of nitrogen functional groups attached to an aromatic ring is 1. The Hall–Kier alpha value is -1.66. The van der Waals surface area contributed by atoms with E-state index in [4.69, 9.17) is 5.73 Å². The van der Waals surface area contributed by atoms with E-state index in [2.05, 4.69) is 21.2 Å². The van der Waals surface area contributed by atoms with E-state index in [1.54, 1.807) is 30.3 Å². The molecule has 6 heteroatoms. The highest BCUT2D eigenvalue weighted by molar-refractivity contribution is 9.10. The minimum Gasteiger partial charge on any atom is -0.399 e. The van der Waals surface area contributed by atoms with Crippen LogP contribution in [0.15, 0.2) is 51.8 Å². The third kappa shape index (κ3) is 4.41. The first-order chi connectivity index (χ1) is 9.95. The molecule has 0 spiro atoms. The van der Waals surface area contributed by atoms with Crippen LogP contribution in [0.2, 0.25) is 0 Å². The summed E-state index contributed by atoms with van der Waals surface area (Å²) in [7, 11) is -1.41. The van der Waals surface area contributed by atoms with Crippen molar-refractivity contribution in [2.24, 2.45) is 0 Å². The van der Waals surface area contributed by atoms with Crippen LogP contribution in [0.25, 0.3) is 0 Å². The molecule has 21 heavy (non-hydrogen) atoms. The highest BCUT2D eigenvalue weighted by atomic mass is 79.9. The molecule has 1 amide bonds. The molecule has 0 saturated heterocycles. The number of rotatable bonds is 4. The van der Waals surface area contributed by atoms with Crippen LogP contribution in [-0.2, 0) is 15.6 Å². The van der Waals surface area contributed by atoms with Crippen LogP contribution in [0, 0.1) is 6.92 Å². The lowest BCUT2D eigenvalue weighted by molar-refractivity contribution is -0.113. The molecule has 0 aromatic heterocycles. The van der Waals surface area contributed by atoms with Gasteiger partial charge in [0.2, 0.25) is 5.91 Å². The van der Waals surface area contributed by atoms with Crippen molar-refractivity contribution in [1.82, 2.24) is 0 Å². The second-order valence-electron chi connectivity index (χ2n) is 4.57. The average Bonchev–Trinajstić information content (AvgIpc) is 2.44. The number of benzene rings is 2. The number of carbonyl (C=O) groups is 1. The molecule has 4 nitrogen and oxygen atoms in total. The minimum atomic E-state index is -1.41. The number of nitrogens with two attached hydrogens (primary N) is 1. The summed E-state index contributed by atoms with van der Waals surface area (Å²) < 4.78 is 13.2. The first kappa shape index (κ1) is 15.7. The summed E-state index contributed by atoms with van der Waals surface area (Å²) in [6.07, 6.45) is 0. The van der Waals surface area contributed by atoms with Gasteiger partial charge in [-0.1, -0.05) is 22.0 Å². The van der Waals surface area contributed by atoms with Crippen LogP contribution < -0.4 is 11.1 Å². The van der Waals surface area contributed by atoms with Crippen molar-refractivity contribution in [2.45, 2.75) is 11.8 Å². The maximum Gasteiger partial charge on any atom is 0.237 e. The first-order valence-electron chi connectivity index (χ1n) is 6.25. The van der Waals surface area contributed by atoms with E-state index in [1.165, 1.54) is 0 Å².